The second-order valence-corrected chi connectivity index (χ2v) is 4.75. The van der Waals surface area contributed by atoms with Crippen molar-refractivity contribution >= 4 is 29.1 Å². The zero-order chi connectivity index (χ0) is 13.8. The number of hydrogen-bond donors (Lipinski definition) is 2. The van der Waals surface area contributed by atoms with E-state index in [0.29, 0.717) is 11.5 Å². The van der Waals surface area contributed by atoms with Crippen LogP contribution >= 0.6 is 12.2 Å². The SMILES string of the molecule is COC(=O)NC1CCN(c2ncccc2C(N)=S)C1. The second kappa shape index (κ2) is 5.83. The summed E-state index contributed by atoms with van der Waals surface area (Å²) in [5.74, 6) is 0.768. The van der Waals surface area contributed by atoms with Crippen LogP contribution in [-0.4, -0.2) is 42.3 Å². The van der Waals surface area contributed by atoms with Crippen molar-refractivity contribution in [3.63, 3.8) is 0 Å². The molecule has 19 heavy (non-hydrogen) atoms. The molecule has 0 saturated carbocycles. The lowest BCUT2D eigenvalue weighted by atomic mass is 10.2. The topological polar surface area (TPSA) is 80.5 Å². The minimum Gasteiger partial charge on any atom is -0.453 e. The maximum atomic E-state index is 11.2. The molecule has 0 aromatic carbocycles. The summed E-state index contributed by atoms with van der Waals surface area (Å²) >= 11 is 5.02. The summed E-state index contributed by atoms with van der Waals surface area (Å²) < 4.78 is 4.59. The summed E-state index contributed by atoms with van der Waals surface area (Å²) in [5.41, 5.74) is 6.45. The molecule has 1 aromatic heterocycles. The fourth-order valence-corrected chi connectivity index (χ4v) is 2.30. The molecule has 2 rings (SSSR count). The number of nitrogens with zero attached hydrogens (tertiary/aromatic N) is 2. The quantitative estimate of drug-likeness (QED) is 0.791. The summed E-state index contributed by atoms with van der Waals surface area (Å²) in [6.45, 7) is 1.46. The lowest BCUT2D eigenvalue weighted by Crippen LogP contribution is -2.37. The lowest BCUT2D eigenvalue weighted by molar-refractivity contribution is 0.167. The van der Waals surface area contributed by atoms with Gasteiger partial charge in [-0.3, -0.25) is 0 Å². The fraction of sp³-hybridized carbons (Fsp3) is 0.417. The number of ether oxygens (including phenoxy) is 1. The van der Waals surface area contributed by atoms with Gasteiger partial charge in [-0.1, -0.05) is 12.2 Å². The van der Waals surface area contributed by atoms with Gasteiger partial charge >= 0.3 is 6.09 Å². The predicted molar refractivity (Wildman–Crippen MR) is 76.3 cm³/mol. The number of rotatable bonds is 3. The van der Waals surface area contributed by atoms with Gasteiger partial charge in [0.15, 0.2) is 0 Å². The molecule has 3 N–H and O–H groups in total. The van der Waals surface area contributed by atoms with E-state index in [1.807, 2.05) is 6.07 Å². The van der Waals surface area contributed by atoms with E-state index in [1.165, 1.54) is 7.11 Å². The third kappa shape index (κ3) is 3.11. The van der Waals surface area contributed by atoms with Gasteiger partial charge in [0.25, 0.3) is 0 Å². The van der Waals surface area contributed by atoms with Crippen molar-refractivity contribution in [3.8, 4) is 0 Å². The van der Waals surface area contributed by atoms with Crippen molar-refractivity contribution in [3.05, 3.63) is 23.9 Å². The number of thiocarbonyl (C=S) groups is 1. The van der Waals surface area contributed by atoms with Gasteiger partial charge in [0, 0.05) is 19.3 Å². The summed E-state index contributed by atoms with van der Waals surface area (Å²) in [6.07, 6.45) is 2.13. The number of hydrogen-bond acceptors (Lipinski definition) is 5. The Labute approximate surface area is 116 Å². The molecular formula is C12H16N4O2S. The first kappa shape index (κ1) is 13.5. The van der Waals surface area contributed by atoms with Gasteiger partial charge in [0.2, 0.25) is 0 Å². The zero-order valence-electron chi connectivity index (χ0n) is 10.6. The van der Waals surface area contributed by atoms with E-state index in [1.54, 1.807) is 12.3 Å². The standard InChI is InChI=1S/C12H16N4O2S/c1-18-12(17)15-8-4-6-16(7-8)11-9(10(13)19)3-2-5-14-11/h2-3,5,8H,4,6-7H2,1H3,(H2,13,19)(H,15,17). The number of anilines is 1. The number of alkyl carbamates (subject to hydrolysis) is 1. The number of nitrogens with two attached hydrogens (primary N) is 1. The number of pyridine rings is 1. The van der Waals surface area contributed by atoms with Gasteiger partial charge in [-0.15, -0.1) is 0 Å². The van der Waals surface area contributed by atoms with Gasteiger partial charge < -0.3 is 20.7 Å². The maximum Gasteiger partial charge on any atom is 0.407 e. The molecule has 0 aliphatic carbocycles. The molecule has 0 bridgehead atoms. The predicted octanol–water partition coefficient (Wildman–Crippen LogP) is 0.650. The molecule has 1 atom stereocenters. The normalized spacial score (nSPS) is 18.2. The molecule has 1 aliphatic heterocycles. The Hall–Kier alpha value is -1.89. The van der Waals surface area contributed by atoms with Crippen LogP contribution in [0.5, 0.6) is 0 Å². The van der Waals surface area contributed by atoms with Crippen LogP contribution in [0.2, 0.25) is 0 Å². The number of nitrogens with one attached hydrogen (secondary N) is 1. The summed E-state index contributed by atoms with van der Waals surface area (Å²) in [5, 5.41) is 2.78. The molecular weight excluding hydrogens is 264 g/mol. The number of carbonyl (C=O) groups excluding carboxylic acids is 1. The van der Waals surface area contributed by atoms with Crippen molar-refractivity contribution in [1.82, 2.24) is 10.3 Å². The van der Waals surface area contributed by atoms with Crippen LogP contribution in [0.1, 0.15) is 12.0 Å². The first-order chi connectivity index (χ1) is 9.11. The maximum absolute atomic E-state index is 11.2. The van der Waals surface area contributed by atoms with Crippen molar-refractivity contribution in [2.24, 2.45) is 5.73 Å². The van der Waals surface area contributed by atoms with Gasteiger partial charge in [-0.25, -0.2) is 9.78 Å². The Morgan fingerprint density at radius 3 is 3.16 bits per heavy atom. The van der Waals surface area contributed by atoms with Crippen LogP contribution in [-0.2, 0) is 4.74 Å². The van der Waals surface area contributed by atoms with E-state index in [9.17, 15) is 4.79 Å². The highest BCUT2D eigenvalue weighted by Gasteiger charge is 2.26. The molecule has 1 aliphatic rings. The molecule has 0 radical (unpaired) electrons. The Kier molecular flexibility index (Phi) is 4.16. The Bertz CT molecular complexity index is 494. The van der Waals surface area contributed by atoms with Gasteiger partial charge in [-0.05, 0) is 18.6 Å². The lowest BCUT2D eigenvalue weighted by Gasteiger charge is -2.20. The van der Waals surface area contributed by atoms with E-state index in [4.69, 9.17) is 18.0 Å². The summed E-state index contributed by atoms with van der Waals surface area (Å²) in [7, 11) is 1.35. The average Bonchev–Trinajstić information content (AvgIpc) is 2.86. The van der Waals surface area contributed by atoms with E-state index < -0.39 is 6.09 Å². The third-order valence-corrected chi connectivity index (χ3v) is 3.27. The molecule has 2 heterocycles. The summed E-state index contributed by atoms with van der Waals surface area (Å²) in [4.78, 5) is 17.9. The number of methoxy groups -OCH3 is 1. The molecule has 1 unspecified atom stereocenters. The zero-order valence-corrected chi connectivity index (χ0v) is 11.4. The first-order valence-electron chi connectivity index (χ1n) is 5.96. The van der Waals surface area contributed by atoms with Crippen molar-refractivity contribution in [1.29, 1.82) is 0 Å². The monoisotopic (exact) mass is 280 g/mol. The molecule has 1 aromatic rings. The molecule has 1 saturated heterocycles. The van der Waals surface area contributed by atoms with Crippen LogP contribution < -0.4 is 16.0 Å². The number of carbonyl (C=O) groups is 1. The van der Waals surface area contributed by atoms with E-state index in [-0.39, 0.29) is 6.04 Å². The molecule has 7 heteroatoms. The Morgan fingerprint density at radius 1 is 1.68 bits per heavy atom. The minimum absolute atomic E-state index is 0.0497. The molecule has 1 fully saturated rings. The van der Waals surface area contributed by atoms with Crippen molar-refractivity contribution in [2.75, 3.05) is 25.1 Å². The van der Waals surface area contributed by atoms with Crippen LogP contribution in [0.15, 0.2) is 18.3 Å². The van der Waals surface area contributed by atoms with Crippen LogP contribution in [0, 0.1) is 0 Å². The first-order valence-corrected chi connectivity index (χ1v) is 6.37. The van der Waals surface area contributed by atoms with E-state index in [0.717, 1.165) is 24.3 Å². The fourth-order valence-electron chi connectivity index (χ4n) is 2.14. The van der Waals surface area contributed by atoms with Gasteiger partial charge in [-0.2, -0.15) is 0 Å². The van der Waals surface area contributed by atoms with Crippen molar-refractivity contribution < 1.29 is 9.53 Å². The largest absolute Gasteiger partial charge is 0.453 e. The van der Waals surface area contributed by atoms with Crippen molar-refractivity contribution in [2.45, 2.75) is 12.5 Å². The molecule has 102 valence electrons. The molecule has 1 amide bonds. The van der Waals surface area contributed by atoms with Crippen LogP contribution in [0.3, 0.4) is 0 Å². The third-order valence-electron chi connectivity index (χ3n) is 3.05. The number of amides is 1. The van der Waals surface area contributed by atoms with Crippen LogP contribution in [0.4, 0.5) is 10.6 Å². The molecule has 0 spiro atoms. The van der Waals surface area contributed by atoms with E-state index in [2.05, 4.69) is 19.9 Å². The Morgan fingerprint density at radius 2 is 2.47 bits per heavy atom. The van der Waals surface area contributed by atoms with Gasteiger partial charge in [0.1, 0.15) is 10.8 Å². The Balaban J connectivity index is 2.09. The highest BCUT2D eigenvalue weighted by atomic mass is 32.1. The van der Waals surface area contributed by atoms with Gasteiger partial charge in [0.05, 0.1) is 18.7 Å². The summed E-state index contributed by atoms with van der Waals surface area (Å²) in [6, 6.07) is 3.71. The molecule has 6 nitrogen and oxygen atoms in total. The highest BCUT2D eigenvalue weighted by molar-refractivity contribution is 7.80. The highest BCUT2D eigenvalue weighted by Crippen LogP contribution is 2.22. The number of aromatic nitrogens is 1. The van der Waals surface area contributed by atoms with E-state index >= 15 is 0 Å². The smallest absolute Gasteiger partial charge is 0.407 e. The second-order valence-electron chi connectivity index (χ2n) is 4.31. The van der Waals surface area contributed by atoms with Crippen LogP contribution in [0.25, 0.3) is 0 Å². The average molecular weight is 280 g/mol. The minimum atomic E-state index is -0.414.